The van der Waals surface area contributed by atoms with Gasteiger partial charge in [0.25, 0.3) is 11.8 Å². The number of amides is 2. The summed E-state index contributed by atoms with van der Waals surface area (Å²) < 4.78 is 3.19. The molecule has 0 saturated heterocycles. The smallest absolute Gasteiger partial charge is 0.326 e. The number of carbonyl (C=O) groups is 3. The highest BCUT2D eigenvalue weighted by molar-refractivity contribution is 14.1. The zero-order valence-corrected chi connectivity index (χ0v) is 18.3. The van der Waals surface area contributed by atoms with Crippen molar-refractivity contribution in [3.8, 4) is 0 Å². The van der Waals surface area contributed by atoms with E-state index in [1.807, 2.05) is 45.2 Å². The normalized spacial score (nSPS) is 15.6. The van der Waals surface area contributed by atoms with Crippen molar-refractivity contribution in [1.29, 1.82) is 0 Å². The molecule has 5 nitrogen and oxygen atoms in total. The molecule has 1 heterocycles. The highest BCUT2D eigenvalue weighted by Gasteiger charge is 2.44. The number of hydrogen-bond acceptors (Lipinski definition) is 3. The van der Waals surface area contributed by atoms with Gasteiger partial charge in [0, 0.05) is 14.3 Å². The van der Waals surface area contributed by atoms with Gasteiger partial charge in [-0.2, -0.15) is 0 Å². The number of rotatable bonds is 2. The molecule has 0 aromatic heterocycles. The SMILES string of the molecule is CC(C(=O)O)N1C(=O)c2c(I)c(I)c(I)c(I)c2C1=O. The van der Waals surface area contributed by atoms with Gasteiger partial charge < -0.3 is 5.11 Å². The molecule has 0 saturated carbocycles. The van der Waals surface area contributed by atoms with Crippen LogP contribution in [0.1, 0.15) is 27.6 Å². The van der Waals surface area contributed by atoms with E-state index >= 15 is 0 Å². The molecule has 9 heteroatoms. The number of fused-ring (bicyclic) bond motifs is 1. The lowest BCUT2D eigenvalue weighted by Crippen LogP contribution is -2.42. The highest BCUT2D eigenvalue weighted by Crippen LogP contribution is 2.38. The van der Waals surface area contributed by atoms with Crippen LogP contribution in [-0.2, 0) is 4.79 Å². The summed E-state index contributed by atoms with van der Waals surface area (Å²) in [6.07, 6.45) is 0. The van der Waals surface area contributed by atoms with Gasteiger partial charge in [0.2, 0.25) is 0 Å². The fourth-order valence-corrected chi connectivity index (χ4v) is 5.48. The minimum Gasteiger partial charge on any atom is -0.480 e. The lowest BCUT2D eigenvalue weighted by atomic mass is 10.1. The monoisotopic (exact) mass is 723 g/mol. The Hall–Kier alpha value is 0.750. The zero-order valence-electron chi connectivity index (χ0n) is 9.71. The minimum atomic E-state index is -1.20. The van der Waals surface area contributed by atoms with Gasteiger partial charge in [0.1, 0.15) is 6.04 Å². The Kier molecular flexibility index (Phi) is 5.21. The zero-order chi connectivity index (χ0) is 15.4. The topological polar surface area (TPSA) is 74.7 Å². The molecule has 2 rings (SSSR count). The molecule has 1 aromatic rings. The van der Waals surface area contributed by atoms with E-state index in [2.05, 4.69) is 45.2 Å². The third-order valence-electron chi connectivity index (χ3n) is 2.88. The molecular formula is C11H5I4NO4. The van der Waals surface area contributed by atoms with Gasteiger partial charge in [0.15, 0.2) is 0 Å². The van der Waals surface area contributed by atoms with E-state index in [-0.39, 0.29) is 0 Å². The average Bonchev–Trinajstić information content (AvgIpc) is 2.64. The third kappa shape index (κ3) is 2.49. The van der Waals surface area contributed by atoms with Crippen LogP contribution in [0.25, 0.3) is 0 Å². The molecule has 1 unspecified atom stereocenters. The quantitative estimate of drug-likeness (QED) is 0.221. The number of imide groups is 1. The Morgan fingerprint density at radius 2 is 1.30 bits per heavy atom. The van der Waals surface area contributed by atoms with Crippen molar-refractivity contribution in [3.63, 3.8) is 0 Å². The Bertz CT molecular complexity index is 626. The standard InChI is InChI=1S/C11H5I4NO4/c1-2(11(19)20)16-9(17)3-4(10(16)18)6(13)8(15)7(14)5(3)12/h2H,1H3,(H,19,20). The van der Waals surface area contributed by atoms with Crippen molar-refractivity contribution >= 4 is 108 Å². The minimum absolute atomic E-state index is 0.318. The summed E-state index contributed by atoms with van der Waals surface area (Å²) in [4.78, 5) is 36.7. The second-order valence-electron chi connectivity index (χ2n) is 4.00. The van der Waals surface area contributed by atoms with E-state index in [1.54, 1.807) is 0 Å². The van der Waals surface area contributed by atoms with Gasteiger partial charge in [-0.25, -0.2) is 4.79 Å². The van der Waals surface area contributed by atoms with E-state index in [0.29, 0.717) is 18.3 Å². The van der Waals surface area contributed by atoms with Gasteiger partial charge in [-0.1, -0.05) is 0 Å². The Balaban J connectivity index is 2.73. The molecule has 0 fully saturated rings. The van der Waals surface area contributed by atoms with Gasteiger partial charge >= 0.3 is 5.97 Å². The Labute approximate surface area is 168 Å². The van der Waals surface area contributed by atoms with Crippen LogP contribution >= 0.6 is 90.4 Å². The number of hydrogen-bond donors (Lipinski definition) is 1. The highest BCUT2D eigenvalue weighted by atomic mass is 127. The third-order valence-corrected chi connectivity index (χ3v) is 10.3. The van der Waals surface area contributed by atoms with Crippen LogP contribution in [0.2, 0.25) is 0 Å². The lowest BCUT2D eigenvalue weighted by molar-refractivity contribution is -0.140. The number of carbonyl (C=O) groups excluding carboxylic acids is 2. The number of aliphatic carboxylic acids is 1. The second-order valence-corrected chi connectivity index (χ2v) is 8.32. The maximum Gasteiger partial charge on any atom is 0.326 e. The molecule has 2 amide bonds. The number of benzene rings is 1. The van der Waals surface area contributed by atoms with Crippen molar-refractivity contribution in [2.75, 3.05) is 0 Å². The fraction of sp³-hybridized carbons (Fsp3) is 0.182. The summed E-state index contributed by atoms with van der Waals surface area (Å²) in [7, 11) is 0. The summed E-state index contributed by atoms with van der Waals surface area (Å²) >= 11 is 8.30. The van der Waals surface area contributed by atoms with Gasteiger partial charge in [-0.05, 0) is 97.3 Å². The van der Waals surface area contributed by atoms with Crippen LogP contribution < -0.4 is 0 Å². The molecule has 0 bridgehead atoms. The van der Waals surface area contributed by atoms with Crippen molar-refractivity contribution < 1.29 is 19.5 Å². The van der Waals surface area contributed by atoms with Crippen LogP contribution in [0.5, 0.6) is 0 Å². The molecule has 0 radical (unpaired) electrons. The molecular weight excluding hydrogens is 718 g/mol. The summed E-state index contributed by atoms with van der Waals surface area (Å²) in [5, 5.41) is 9.05. The second kappa shape index (κ2) is 6.10. The van der Waals surface area contributed by atoms with Crippen LogP contribution in [0.3, 0.4) is 0 Å². The first-order valence-corrected chi connectivity index (χ1v) is 9.48. The van der Waals surface area contributed by atoms with E-state index in [4.69, 9.17) is 5.11 Å². The van der Waals surface area contributed by atoms with Crippen molar-refractivity contribution in [3.05, 3.63) is 25.4 Å². The summed E-state index contributed by atoms with van der Waals surface area (Å²) in [6, 6.07) is -1.18. The van der Waals surface area contributed by atoms with E-state index in [0.717, 1.165) is 12.0 Å². The number of carboxylic acids is 1. The largest absolute Gasteiger partial charge is 0.480 e. The number of halogens is 4. The molecule has 20 heavy (non-hydrogen) atoms. The first kappa shape index (κ1) is 17.1. The molecule has 0 aliphatic carbocycles. The number of nitrogens with zero attached hydrogens (tertiary/aromatic N) is 1. The molecule has 0 spiro atoms. The van der Waals surface area contributed by atoms with Crippen LogP contribution in [0.15, 0.2) is 0 Å². The van der Waals surface area contributed by atoms with E-state index in [9.17, 15) is 14.4 Å². The summed E-state index contributed by atoms with van der Waals surface area (Å²) in [5.74, 6) is -2.26. The maximum atomic E-state index is 12.4. The molecule has 106 valence electrons. The summed E-state index contributed by atoms with van der Waals surface area (Å²) in [6.45, 7) is 1.33. The fourth-order valence-electron chi connectivity index (χ4n) is 1.83. The Morgan fingerprint density at radius 3 is 1.60 bits per heavy atom. The molecule has 1 aliphatic heterocycles. The predicted molar refractivity (Wildman–Crippen MR) is 105 cm³/mol. The molecule has 1 aliphatic rings. The van der Waals surface area contributed by atoms with Gasteiger partial charge in [-0.15, -0.1) is 0 Å². The lowest BCUT2D eigenvalue weighted by Gasteiger charge is -2.18. The van der Waals surface area contributed by atoms with Crippen molar-refractivity contribution in [1.82, 2.24) is 4.90 Å². The van der Waals surface area contributed by atoms with Crippen molar-refractivity contribution in [2.45, 2.75) is 13.0 Å². The molecule has 1 atom stereocenters. The van der Waals surface area contributed by atoms with Crippen LogP contribution in [-0.4, -0.2) is 33.8 Å². The molecule has 1 aromatic carbocycles. The summed E-state index contributed by atoms with van der Waals surface area (Å²) in [5.41, 5.74) is 0.635. The first-order valence-electron chi connectivity index (χ1n) is 5.16. The molecule has 1 N–H and O–H groups in total. The number of carboxylic acid groups (broad SMARTS) is 1. The van der Waals surface area contributed by atoms with Crippen LogP contribution in [0, 0.1) is 14.3 Å². The van der Waals surface area contributed by atoms with Crippen molar-refractivity contribution in [2.24, 2.45) is 0 Å². The van der Waals surface area contributed by atoms with Gasteiger partial charge in [0.05, 0.1) is 11.1 Å². The van der Waals surface area contributed by atoms with Gasteiger partial charge in [-0.3, -0.25) is 14.5 Å². The average molecular weight is 723 g/mol. The Morgan fingerprint density at radius 1 is 0.950 bits per heavy atom. The van der Waals surface area contributed by atoms with E-state index in [1.165, 1.54) is 6.92 Å². The first-order chi connectivity index (χ1) is 9.20. The maximum absolute atomic E-state index is 12.4. The van der Waals surface area contributed by atoms with E-state index < -0.39 is 23.8 Å². The predicted octanol–water partition coefficient (Wildman–Crippen LogP) is 3.17. The van der Waals surface area contributed by atoms with Crippen LogP contribution in [0.4, 0.5) is 0 Å².